The van der Waals surface area contributed by atoms with Crippen LogP contribution in [0.1, 0.15) is 53.4 Å². The second-order valence-electron chi connectivity index (χ2n) is 6.16. The Balaban J connectivity index is 2.16. The van der Waals surface area contributed by atoms with Gasteiger partial charge in [-0.25, -0.2) is 0 Å². The highest BCUT2D eigenvalue weighted by Gasteiger charge is 2.22. The molecule has 1 aliphatic rings. The molecule has 1 saturated heterocycles. The first-order chi connectivity index (χ1) is 8.13. The average Bonchev–Trinajstić information content (AvgIpc) is 2.29. The van der Waals surface area contributed by atoms with E-state index in [1.165, 1.54) is 51.9 Å². The molecule has 1 unspecified atom stereocenters. The van der Waals surface area contributed by atoms with Crippen LogP contribution in [0.4, 0.5) is 0 Å². The molecule has 0 aromatic rings. The van der Waals surface area contributed by atoms with Crippen LogP contribution in [0.15, 0.2) is 0 Å². The van der Waals surface area contributed by atoms with Crippen molar-refractivity contribution < 1.29 is 0 Å². The lowest BCUT2D eigenvalue weighted by molar-refractivity contribution is 0.127. The fourth-order valence-electron chi connectivity index (χ4n) is 2.91. The van der Waals surface area contributed by atoms with Crippen LogP contribution in [-0.4, -0.2) is 37.1 Å². The average molecular weight is 240 g/mol. The molecular formula is C15H32N2. The zero-order valence-corrected chi connectivity index (χ0v) is 12.3. The molecule has 0 spiro atoms. The lowest BCUT2D eigenvalue weighted by Gasteiger charge is -2.36. The molecule has 17 heavy (non-hydrogen) atoms. The third-order valence-corrected chi connectivity index (χ3v) is 3.94. The van der Waals surface area contributed by atoms with Gasteiger partial charge in [0.05, 0.1) is 0 Å². The monoisotopic (exact) mass is 240 g/mol. The molecule has 1 rings (SSSR count). The fraction of sp³-hybridized carbons (Fsp3) is 1.00. The van der Waals surface area contributed by atoms with Gasteiger partial charge in [-0.3, -0.25) is 0 Å². The van der Waals surface area contributed by atoms with Crippen LogP contribution < -0.4 is 5.32 Å². The number of hydrogen-bond donors (Lipinski definition) is 1. The van der Waals surface area contributed by atoms with Crippen LogP contribution >= 0.6 is 0 Å². The van der Waals surface area contributed by atoms with E-state index in [4.69, 9.17) is 0 Å². The van der Waals surface area contributed by atoms with Crippen molar-refractivity contribution >= 4 is 0 Å². The predicted molar refractivity (Wildman–Crippen MR) is 76.4 cm³/mol. The summed E-state index contributed by atoms with van der Waals surface area (Å²) in [7, 11) is 0. The molecule has 0 saturated carbocycles. The summed E-state index contributed by atoms with van der Waals surface area (Å²) in [6.45, 7) is 14.3. The van der Waals surface area contributed by atoms with Gasteiger partial charge in [0.2, 0.25) is 0 Å². The van der Waals surface area contributed by atoms with Crippen LogP contribution in [0.3, 0.4) is 0 Å². The Labute approximate surface area is 108 Å². The van der Waals surface area contributed by atoms with E-state index in [9.17, 15) is 0 Å². The van der Waals surface area contributed by atoms with E-state index in [2.05, 4.69) is 37.9 Å². The number of nitrogens with zero attached hydrogens (tertiary/aromatic N) is 1. The van der Waals surface area contributed by atoms with Crippen molar-refractivity contribution in [3.8, 4) is 0 Å². The van der Waals surface area contributed by atoms with Crippen molar-refractivity contribution in [2.24, 2.45) is 11.8 Å². The van der Waals surface area contributed by atoms with Crippen molar-refractivity contribution in [1.82, 2.24) is 10.2 Å². The van der Waals surface area contributed by atoms with Crippen LogP contribution in [0.25, 0.3) is 0 Å². The highest BCUT2D eigenvalue weighted by atomic mass is 15.2. The summed E-state index contributed by atoms with van der Waals surface area (Å²) in [5.74, 6) is 1.75. The van der Waals surface area contributed by atoms with Gasteiger partial charge >= 0.3 is 0 Å². The van der Waals surface area contributed by atoms with Crippen molar-refractivity contribution in [3.05, 3.63) is 0 Å². The minimum Gasteiger partial charge on any atom is -0.316 e. The van der Waals surface area contributed by atoms with Crippen molar-refractivity contribution in [3.63, 3.8) is 0 Å². The van der Waals surface area contributed by atoms with Crippen molar-refractivity contribution in [2.75, 3.05) is 26.2 Å². The molecule has 0 amide bonds. The zero-order valence-electron chi connectivity index (χ0n) is 12.3. The predicted octanol–water partition coefficient (Wildman–Crippen LogP) is 3.13. The molecule has 0 bridgehead atoms. The van der Waals surface area contributed by atoms with E-state index < -0.39 is 0 Å². The second-order valence-corrected chi connectivity index (χ2v) is 6.16. The van der Waals surface area contributed by atoms with Crippen LogP contribution in [0.5, 0.6) is 0 Å². The topological polar surface area (TPSA) is 15.3 Å². The van der Waals surface area contributed by atoms with Crippen LogP contribution in [0, 0.1) is 11.8 Å². The van der Waals surface area contributed by atoms with E-state index in [1.807, 2.05) is 0 Å². The molecule has 1 aliphatic heterocycles. The van der Waals surface area contributed by atoms with Crippen molar-refractivity contribution in [1.29, 1.82) is 0 Å². The molecule has 102 valence electrons. The quantitative estimate of drug-likeness (QED) is 0.688. The molecule has 1 atom stereocenters. The van der Waals surface area contributed by atoms with Crippen LogP contribution in [0.2, 0.25) is 0 Å². The van der Waals surface area contributed by atoms with E-state index >= 15 is 0 Å². The van der Waals surface area contributed by atoms with E-state index in [0.717, 1.165) is 17.9 Å². The molecule has 1 heterocycles. The van der Waals surface area contributed by atoms with E-state index in [1.54, 1.807) is 0 Å². The van der Waals surface area contributed by atoms with Gasteiger partial charge in [0.25, 0.3) is 0 Å². The van der Waals surface area contributed by atoms with Gasteiger partial charge in [0.1, 0.15) is 0 Å². The number of piperidine rings is 1. The molecular weight excluding hydrogens is 208 g/mol. The first kappa shape index (κ1) is 15.0. The molecule has 0 aromatic carbocycles. The summed E-state index contributed by atoms with van der Waals surface area (Å²) < 4.78 is 0. The Morgan fingerprint density at radius 2 is 1.82 bits per heavy atom. The van der Waals surface area contributed by atoms with E-state index in [0.29, 0.717) is 0 Å². The highest BCUT2D eigenvalue weighted by Crippen LogP contribution is 2.21. The highest BCUT2D eigenvalue weighted by molar-refractivity contribution is 4.77. The summed E-state index contributed by atoms with van der Waals surface area (Å²) in [5, 5.41) is 3.56. The standard InChI is InChI=1S/C15H32N2/c1-5-8-16-12-15-6-9-17(10-7-15)14(4)11-13(2)3/h13-16H,5-12H2,1-4H3. The number of hydrogen-bond acceptors (Lipinski definition) is 2. The third kappa shape index (κ3) is 5.87. The van der Waals surface area contributed by atoms with Gasteiger partial charge in [-0.05, 0) is 70.6 Å². The lowest BCUT2D eigenvalue weighted by atomic mass is 9.94. The van der Waals surface area contributed by atoms with Gasteiger partial charge in [0.15, 0.2) is 0 Å². The maximum Gasteiger partial charge on any atom is 0.00693 e. The van der Waals surface area contributed by atoms with E-state index in [-0.39, 0.29) is 0 Å². The molecule has 2 heteroatoms. The molecule has 1 fully saturated rings. The van der Waals surface area contributed by atoms with Gasteiger partial charge < -0.3 is 10.2 Å². The van der Waals surface area contributed by atoms with Crippen molar-refractivity contribution in [2.45, 2.75) is 59.4 Å². The summed E-state index contributed by atoms with van der Waals surface area (Å²) in [6.07, 6.45) is 5.38. The Bertz CT molecular complexity index is 183. The smallest absolute Gasteiger partial charge is 0.00693 e. The normalized spacial score (nSPS) is 21.0. The largest absolute Gasteiger partial charge is 0.316 e. The molecule has 0 radical (unpaired) electrons. The Morgan fingerprint density at radius 1 is 1.18 bits per heavy atom. The van der Waals surface area contributed by atoms with Gasteiger partial charge in [-0.2, -0.15) is 0 Å². The minimum absolute atomic E-state index is 0.777. The Morgan fingerprint density at radius 3 is 2.35 bits per heavy atom. The van der Waals surface area contributed by atoms with Gasteiger partial charge in [-0.1, -0.05) is 20.8 Å². The molecule has 1 N–H and O–H groups in total. The first-order valence-electron chi connectivity index (χ1n) is 7.58. The Hall–Kier alpha value is -0.0800. The zero-order chi connectivity index (χ0) is 12.7. The summed E-state index contributed by atoms with van der Waals surface area (Å²) in [4.78, 5) is 2.69. The summed E-state index contributed by atoms with van der Waals surface area (Å²) in [6, 6.07) is 0.777. The maximum atomic E-state index is 3.56. The summed E-state index contributed by atoms with van der Waals surface area (Å²) >= 11 is 0. The number of rotatable bonds is 7. The molecule has 0 aliphatic carbocycles. The SMILES string of the molecule is CCCNCC1CCN(C(C)CC(C)C)CC1. The summed E-state index contributed by atoms with van der Waals surface area (Å²) in [5.41, 5.74) is 0. The molecule has 0 aromatic heterocycles. The molecule has 2 nitrogen and oxygen atoms in total. The number of nitrogens with one attached hydrogen (secondary N) is 1. The first-order valence-corrected chi connectivity index (χ1v) is 7.58. The Kier molecular flexibility index (Phi) is 7.14. The third-order valence-electron chi connectivity index (χ3n) is 3.94. The number of likely N-dealkylation sites (tertiary alicyclic amines) is 1. The second kappa shape index (κ2) is 8.10. The van der Waals surface area contributed by atoms with Crippen LogP contribution in [-0.2, 0) is 0 Å². The lowest BCUT2D eigenvalue weighted by Crippen LogP contribution is -2.42. The maximum absolute atomic E-state index is 3.56. The van der Waals surface area contributed by atoms with Gasteiger partial charge in [-0.15, -0.1) is 0 Å². The fourth-order valence-corrected chi connectivity index (χ4v) is 2.91. The van der Waals surface area contributed by atoms with Gasteiger partial charge in [0, 0.05) is 6.04 Å². The minimum atomic E-state index is 0.777.